The first-order valence-electron chi connectivity index (χ1n) is 3.73. The maximum atomic E-state index is 10.8. The summed E-state index contributed by atoms with van der Waals surface area (Å²) in [5, 5.41) is 8.75. The van der Waals surface area contributed by atoms with Gasteiger partial charge in [0.05, 0.1) is 11.1 Å². The molecule has 4 heteroatoms. The van der Waals surface area contributed by atoms with Crippen LogP contribution in [0.1, 0.15) is 0 Å². The third kappa shape index (κ3) is 3.10. The topological polar surface area (TPSA) is 80.4 Å². The molecular weight excluding hydrogens is 182 g/mol. The van der Waals surface area contributed by atoms with Gasteiger partial charge in [0.15, 0.2) is 0 Å². The van der Waals surface area contributed by atoms with Gasteiger partial charge in [-0.15, -0.1) is 0 Å². The highest BCUT2D eigenvalue weighted by Gasteiger charge is 2.12. The van der Waals surface area contributed by atoms with Gasteiger partial charge in [0.1, 0.15) is 0 Å². The Morgan fingerprint density at radius 3 is 2.07 bits per heavy atom. The summed E-state index contributed by atoms with van der Waals surface area (Å²) in [5.74, 6) is -2.07. The number of nitrogens with two attached hydrogens (primary N) is 1. The molecule has 0 unspecified atom stereocenters. The van der Waals surface area contributed by atoms with Gasteiger partial charge >= 0.3 is 5.97 Å². The minimum atomic E-state index is -1.24. The molecular formula is C10H11NO3. The molecule has 0 saturated heterocycles. The Morgan fingerprint density at radius 2 is 1.79 bits per heavy atom. The highest BCUT2D eigenvalue weighted by atomic mass is 16.4. The molecule has 4 nitrogen and oxygen atoms in total. The van der Waals surface area contributed by atoms with Crippen molar-refractivity contribution in [3.05, 3.63) is 48.6 Å². The number of amides is 1. The molecule has 1 amide bonds. The van der Waals surface area contributed by atoms with Crippen LogP contribution in [0.5, 0.6) is 0 Å². The van der Waals surface area contributed by atoms with E-state index in [1.165, 1.54) is 18.2 Å². The highest BCUT2D eigenvalue weighted by Crippen LogP contribution is 2.07. The van der Waals surface area contributed by atoms with Crippen LogP contribution in [-0.4, -0.2) is 17.0 Å². The summed E-state index contributed by atoms with van der Waals surface area (Å²) < 4.78 is 0. The number of aliphatic carboxylic acids is 1. The minimum absolute atomic E-state index is 0.129. The Balaban J connectivity index is 5.42. The van der Waals surface area contributed by atoms with Crippen molar-refractivity contribution in [2.45, 2.75) is 0 Å². The van der Waals surface area contributed by atoms with Gasteiger partial charge in [-0.3, -0.25) is 4.79 Å². The van der Waals surface area contributed by atoms with Gasteiger partial charge in [-0.1, -0.05) is 31.4 Å². The molecule has 0 aromatic heterocycles. The molecule has 0 atom stereocenters. The van der Waals surface area contributed by atoms with E-state index in [4.69, 9.17) is 10.8 Å². The minimum Gasteiger partial charge on any atom is -0.478 e. The smallest absolute Gasteiger partial charge is 0.336 e. The Hall–Kier alpha value is -2.10. The summed E-state index contributed by atoms with van der Waals surface area (Å²) in [7, 11) is 0. The lowest BCUT2D eigenvalue weighted by Gasteiger charge is -1.99. The fraction of sp³-hybridized carbons (Fsp3) is 0. The van der Waals surface area contributed by atoms with Gasteiger partial charge in [0, 0.05) is 0 Å². The highest BCUT2D eigenvalue weighted by molar-refractivity contribution is 6.05. The number of carboxylic acids is 1. The normalized spacial score (nSPS) is 12.0. The number of primary amides is 1. The first-order valence-corrected chi connectivity index (χ1v) is 3.73. The van der Waals surface area contributed by atoms with Crippen LogP contribution < -0.4 is 5.73 Å². The van der Waals surface area contributed by atoms with Crippen molar-refractivity contribution in [3.8, 4) is 0 Å². The lowest BCUT2D eigenvalue weighted by molar-refractivity contribution is -0.132. The summed E-state index contributed by atoms with van der Waals surface area (Å²) in [6, 6.07) is 0. The zero-order valence-electron chi connectivity index (χ0n) is 7.56. The van der Waals surface area contributed by atoms with Crippen LogP contribution >= 0.6 is 0 Å². The second kappa shape index (κ2) is 5.53. The van der Waals surface area contributed by atoms with E-state index in [0.717, 1.165) is 6.08 Å². The molecule has 0 spiro atoms. The Kier molecular flexibility index (Phi) is 4.70. The van der Waals surface area contributed by atoms with E-state index in [1.54, 1.807) is 0 Å². The SMILES string of the molecule is C=C/C=C\C(C(=O)O)=C(/C=C)C(N)=O. The van der Waals surface area contributed by atoms with E-state index in [0.29, 0.717) is 0 Å². The molecule has 14 heavy (non-hydrogen) atoms. The van der Waals surface area contributed by atoms with Gasteiger partial charge in [-0.25, -0.2) is 4.79 Å². The van der Waals surface area contributed by atoms with Crippen molar-refractivity contribution in [2.24, 2.45) is 5.73 Å². The molecule has 0 aliphatic rings. The first-order chi connectivity index (χ1) is 6.54. The van der Waals surface area contributed by atoms with E-state index in [2.05, 4.69) is 13.2 Å². The van der Waals surface area contributed by atoms with Crippen LogP contribution in [0.2, 0.25) is 0 Å². The van der Waals surface area contributed by atoms with Crippen molar-refractivity contribution >= 4 is 11.9 Å². The van der Waals surface area contributed by atoms with E-state index < -0.39 is 11.9 Å². The fourth-order valence-corrected chi connectivity index (χ4v) is 0.784. The van der Waals surface area contributed by atoms with Crippen molar-refractivity contribution < 1.29 is 14.7 Å². The van der Waals surface area contributed by atoms with Crippen LogP contribution in [0.15, 0.2) is 48.6 Å². The van der Waals surface area contributed by atoms with E-state index >= 15 is 0 Å². The molecule has 0 bridgehead atoms. The second-order valence-electron chi connectivity index (χ2n) is 2.30. The van der Waals surface area contributed by atoms with Gasteiger partial charge in [-0.2, -0.15) is 0 Å². The molecule has 74 valence electrons. The lowest BCUT2D eigenvalue weighted by Crippen LogP contribution is -2.16. The van der Waals surface area contributed by atoms with Crippen LogP contribution in [0.3, 0.4) is 0 Å². The molecule has 0 aliphatic carbocycles. The standard InChI is InChI=1S/C10H11NO3/c1-3-5-6-8(10(13)14)7(4-2)9(11)12/h3-6H,1-2H2,(H2,11,12)(H,13,14)/b6-5-,8-7-. The number of hydrogen-bond donors (Lipinski definition) is 2. The van der Waals surface area contributed by atoms with Crippen molar-refractivity contribution in [1.82, 2.24) is 0 Å². The predicted octanol–water partition coefficient (Wildman–Crippen LogP) is 0.781. The predicted molar refractivity (Wildman–Crippen MR) is 53.4 cm³/mol. The molecule has 0 aromatic rings. The lowest BCUT2D eigenvalue weighted by atomic mass is 10.1. The summed E-state index contributed by atoms with van der Waals surface area (Å²) in [4.78, 5) is 21.5. The fourth-order valence-electron chi connectivity index (χ4n) is 0.784. The molecule has 0 fully saturated rings. The first kappa shape index (κ1) is 11.9. The maximum absolute atomic E-state index is 10.8. The number of rotatable bonds is 5. The third-order valence-electron chi connectivity index (χ3n) is 1.39. The van der Waals surface area contributed by atoms with Crippen molar-refractivity contribution in [3.63, 3.8) is 0 Å². The summed E-state index contributed by atoms with van der Waals surface area (Å²) in [6.07, 6.45) is 5.14. The van der Waals surface area contributed by atoms with Crippen molar-refractivity contribution in [2.75, 3.05) is 0 Å². The van der Waals surface area contributed by atoms with Crippen LogP contribution in [0, 0.1) is 0 Å². The molecule has 0 radical (unpaired) electrons. The van der Waals surface area contributed by atoms with Gasteiger partial charge in [-0.05, 0) is 6.08 Å². The summed E-state index contributed by atoms with van der Waals surface area (Å²) >= 11 is 0. The second-order valence-corrected chi connectivity index (χ2v) is 2.30. The summed E-state index contributed by atoms with van der Waals surface area (Å²) in [5.41, 5.74) is 4.64. The molecule has 3 N–H and O–H groups in total. The van der Waals surface area contributed by atoms with Gasteiger partial charge in [0.2, 0.25) is 5.91 Å². The van der Waals surface area contributed by atoms with Crippen LogP contribution in [0.4, 0.5) is 0 Å². The van der Waals surface area contributed by atoms with E-state index in [1.807, 2.05) is 0 Å². The number of carbonyl (C=O) groups is 2. The number of carbonyl (C=O) groups excluding carboxylic acids is 1. The number of hydrogen-bond acceptors (Lipinski definition) is 2. The van der Waals surface area contributed by atoms with Crippen molar-refractivity contribution in [1.29, 1.82) is 0 Å². The Bertz CT molecular complexity index is 337. The molecule has 0 aromatic carbocycles. The number of carboxylic acid groups (broad SMARTS) is 1. The van der Waals surface area contributed by atoms with E-state index in [-0.39, 0.29) is 11.1 Å². The zero-order chi connectivity index (χ0) is 11.1. The number of allylic oxidation sites excluding steroid dienone is 2. The maximum Gasteiger partial charge on any atom is 0.336 e. The Morgan fingerprint density at radius 1 is 1.21 bits per heavy atom. The molecule has 0 aliphatic heterocycles. The largest absolute Gasteiger partial charge is 0.478 e. The monoisotopic (exact) mass is 193 g/mol. The van der Waals surface area contributed by atoms with Crippen LogP contribution in [0.25, 0.3) is 0 Å². The van der Waals surface area contributed by atoms with E-state index in [9.17, 15) is 9.59 Å². The average Bonchev–Trinajstić information content (AvgIpc) is 2.10. The third-order valence-corrected chi connectivity index (χ3v) is 1.39. The molecule has 0 rings (SSSR count). The zero-order valence-corrected chi connectivity index (χ0v) is 7.56. The molecule has 0 saturated carbocycles. The quantitative estimate of drug-likeness (QED) is 0.500. The molecule has 0 heterocycles. The average molecular weight is 193 g/mol. The Labute approximate surface area is 81.7 Å². The van der Waals surface area contributed by atoms with Gasteiger partial charge in [0.25, 0.3) is 0 Å². The summed E-state index contributed by atoms with van der Waals surface area (Å²) in [6.45, 7) is 6.69. The van der Waals surface area contributed by atoms with Crippen LogP contribution in [-0.2, 0) is 9.59 Å². The van der Waals surface area contributed by atoms with Gasteiger partial charge < -0.3 is 10.8 Å².